The summed E-state index contributed by atoms with van der Waals surface area (Å²) in [5.74, 6) is -1.08. The van der Waals surface area contributed by atoms with Crippen molar-refractivity contribution >= 4 is 12.0 Å². The molecule has 114 valence electrons. The number of carbonyl (C=O) groups is 2. The van der Waals surface area contributed by atoms with Gasteiger partial charge in [-0.15, -0.1) is 0 Å². The monoisotopic (exact) mass is 292 g/mol. The second-order valence-electron chi connectivity index (χ2n) is 5.52. The molecular weight excluding hydrogens is 272 g/mol. The molecule has 1 saturated heterocycles. The molecule has 0 spiro atoms. The normalized spacial score (nSPS) is 21.4. The lowest BCUT2D eigenvalue weighted by molar-refractivity contribution is -0.141. The number of aliphatic carboxylic acids is 1. The summed E-state index contributed by atoms with van der Waals surface area (Å²) in [6.45, 7) is 2.44. The molecule has 2 rings (SSSR count). The van der Waals surface area contributed by atoms with Crippen LogP contribution >= 0.6 is 0 Å². The van der Waals surface area contributed by atoms with E-state index in [9.17, 15) is 14.7 Å². The number of rotatable bonds is 3. The van der Waals surface area contributed by atoms with E-state index in [4.69, 9.17) is 5.11 Å². The largest absolute Gasteiger partial charge is 0.480 e. The summed E-state index contributed by atoms with van der Waals surface area (Å²) in [6.07, 6.45) is -0.693. The van der Waals surface area contributed by atoms with E-state index in [-0.39, 0.29) is 19.0 Å². The molecule has 0 radical (unpaired) electrons. The van der Waals surface area contributed by atoms with E-state index in [0.717, 1.165) is 11.1 Å². The number of nitrogens with zero attached hydrogens (tertiary/aromatic N) is 2. The molecule has 1 aromatic rings. The highest BCUT2D eigenvalue weighted by atomic mass is 16.4. The smallest absolute Gasteiger partial charge is 0.326 e. The fraction of sp³-hybridized carbons (Fsp3) is 0.467. The predicted molar refractivity (Wildman–Crippen MR) is 76.8 cm³/mol. The number of hydrogen-bond donors (Lipinski definition) is 2. The van der Waals surface area contributed by atoms with Crippen LogP contribution in [0.1, 0.15) is 17.5 Å². The highest BCUT2D eigenvalue weighted by Crippen LogP contribution is 2.20. The zero-order chi connectivity index (χ0) is 15.6. The molecule has 0 unspecified atom stereocenters. The molecule has 2 atom stereocenters. The van der Waals surface area contributed by atoms with Gasteiger partial charge in [-0.25, -0.2) is 9.59 Å². The molecule has 2 N–H and O–H groups in total. The maximum Gasteiger partial charge on any atom is 0.326 e. The number of urea groups is 1. The minimum absolute atomic E-state index is 0.0634. The van der Waals surface area contributed by atoms with E-state index in [0.29, 0.717) is 6.54 Å². The lowest BCUT2D eigenvalue weighted by atomic mass is 10.1. The Labute approximate surface area is 123 Å². The van der Waals surface area contributed by atoms with Gasteiger partial charge in [-0.2, -0.15) is 0 Å². The first-order valence-corrected chi connectivity index (χ1v) is 6.86. The molecule has 1 aliphatic heterocycles. The molecule has 6 nitrogen and oxygen atoms in total. The Morgan fingerprint density at radius 3 is 2.76 bits per heavy atom. The first kappa shape index (κ1) is 15.3. The summed E-state index contributed by atoms with van der Waals surface area (Å²) < 4.78 is 0. The third kappa shape index (κ3) is 3.52. The predicted octanol–water partition coefficient (Wildman–Crippen LogP) is 1.07. The van der Waals surface area contributed by atoms with Gasteiger partial charge in [0.1, 0.15) is 6.04 Å². The quantitative estimate of drug-likeness (QED) is 0.873. The van der Waals surface area contributed by atoms with E-state index >= 15 is 0 Å². The molecule has 0 aromatic heterocycles. The van der Waals surface area contributed by atoms with Crippen LogP contribution in [0.15, 0.2) is 24.3 Å². The third-order valence-electron chi connectivity index (χ3n) is 3.64. The van der Waals surface area contributed by atoms with Crippen molar-refractivity contribution in [3.05, 3.63) is 35.4 Å². The van der Waals surface area contributed by atoms with Crippen LogP contribution in [-0.2, 0) is 11.3 Å². The van der Waals surface area contributed by atoms with Crippen molar-refractivity contribution in [2.24, 2.45) is 0 Å². The number of aryl methyl sites for hydroxylation is 1. The molecule has 1 heterocycles. The van der Waals surface area contributed by atoms with E-state index in [2.05, 4.69) is 0 Å². The van der Waals surface area contributed by atoms with Crippen LogP contribution in [0.4, 0.5) is 4.79 Å². The van der Waals surface area contributed by atoms with Crippen molar-refractivity contribution < 1.29 is 19.8 Å². The van der Waals surface area contributed by atoms with E-state index in [1.54, 1.807) is 7.05 Å². The van der Waals surface area contributed by atoms with Gasteiger partial charge in [-0.1, -0.05) is 29.8 Å². The Morgan fingerprint density at radius 2 is 2.14 bits per heavy atom. The first-order chi connectivity index (χ1) is 9.88. The lowest BCUT2D eigenvalue weighted by Crippen LogP contribution is -2.46. The van der Waals surface area contributed by atoms with Crippen LogP contribution in [0.2, 0.25) is 0 Å². The Morgan fingerprint density at radius 1 is 1.43 bits per heavy atom. The van der Waals surface area contributed by atoms with Gasteiger partial charge in [-0.05, 0) is 12.5 Å². The summed E-state index contributed by atoms with van der Waals surface area (Å²) in [4.78, 5) is 26.2. The number of carbonyl (C=O) groups excluding carboxylic acids is 1. The van der Waals surface area contributed by atoms with Crippen LogP contribution in [0, 0.1) is 6.92 Å². The second kappa shape index (κ2) is 6.13. The number of carboxylic acids is 1. The Bertz CT molecular complexity index is 546. The van der Waals surface area contributed by atoms with Gasteiger partial charge < -0.3 is 20.0 Å². The molecular formula is C15H20N2O4. The van der Waals surface area contributed by atoms with Crippen molar-refractivity contribution in [1.29, 1.82) is 0 Å². The fourth-order valence-electron chi connectivity index (χ4n) is 2.63. The Balaban J connectivity index is 2.06. The first-order valence-electron chi connectivity index (χ1n) is 6.86. The van der Waals surface area contributed by atoms with Crippen molar-refractivity contribution in [1.82, 2.24) is 9.80 Å². The minimum Gasteiger partial charge on any atom is -0.480 e. The van der Waals surface area contributed by atoms with E-state index in [1.807, 2.05) is 31.2 Å². The number of benzene rings is 1. The average Bonchev–Trinajstić information content (AvgIpc) is 2.80. The van der Waals surface area contributed by atoms with Crippen LogP contribution in [0.5, 0.6) is 0 Å². The summed E-state index contributed by atoms with van der Waals surface area (Å²) in [5, 5.41) is 18.7. The van der Waals surface area contributed by atoms with Crippen LogP contribution in [-0.4, -0.2) is 57.8 Å². The standard InChI is InChI=1S/C15H20N2O4/c1-10-4-3-5-11(6-10)8-16(2)15(21)17-9-12(18)7-13(17)14(19)20/h3-6,12-13,18H,7-9H2,1-2H3,(H,19,20)/t12-,13+/m1/s1. The molecule has 1 fully saturated rings. The molecule has 2 amide bonds. The van der Waals surface area contributed by atoms with Gasteiger partial charge in [0.05, 0.1) is 6.10 Å². The molecule has 1 aliphatic rings. The van der Waals surface area contributed by atoms with E-state index < -0.39 is 18.1 Å². The average molecular weight is 292 g/mol. The number of aliphatic hydroxyl groups is 1. The molecule has 0 aliphatic carbocycles. The highest BCUT2D eigenvalue weighted by molar-refractivity contribution is 5.83. The van der Waals surface area contributed by atoms with Crippen LogP contribution in [0.3, 0.4) is 0 Å². The molecule has 1 aromatic carbocycles. The highest BCUT2D eigenvalue weighted by Gasteiger charge is 2.39. The molecule has 6 heteroatoms. The number of aliphatic hydroxyl groups excluding tert-OH is 1. The summed E-state index contributed by atoms with van der Waals surface area (Å²) in [5.41, 5.74) is 2.09. The van der Waals surface area contributed by atoms with Crippen molar-refractivity contribution in [3.8, 4) is 0 Å². The SMILES string of the molecule is Cc1cccc(CN(C)C(=O)N2C[C@H](O)C[C@H]2C(=O)O)c1. The Hall–Kier alpha value is -2.08. The zero-order valence-corrected chi connectivity index (χ0v) is 12.2. The summed E-state index contributed by atoms with van der Waals surface area (Å²) in [6, 6.07) is 6.47. The number of β-amino-alcohol motifs (C(OH)–C–C–N with tert-alkyl or cyclic N) is 1. The molecule has 0 bridgehead atoms. The summed E-state index contributed by atoms with van der Waals surface area (Å²) >= 11 is 0. The number of amides is 2. The maximum absolute atomic E-state index is 12.4. The van der Waals surface area contributed by atoms with Gasteiger partial charge in [0.15, 0.2) is 0 Å². The van der Waals surface area contributed by atoms with Crippen molar-refractivity contribution in [3.63, 3.8) is 0 Å². The van der Waals surface area contributed by atoms with Gasteiger partial charge in [0, 0.05) is 26.6 Å². The minimum atomic E-state index is -1.08. The Kier molecular flexibility index (Phi) is 4.47. The molecule has 21 heavy (non-hydrogen) atoms. The lowest BCUT2D eigenvalue weighted by Gasteiger charge is -2.27. The number of hydrogen-bond acceptors (Lipinski definition) is 3. The van der Waals surface area contributed by atoms with Gasteiger partial charge in [0.25, 0.3) is 0 Å². The van der Waals surface area contributed by atoms with Crippen molar-refractivity contribution in [2.75, 3.05) is 13.6 Å². The number of likely N-dealkylation sites (tertiary alicyclic amines) is 1. The number of carboxylic acid groups (broad SMARTS) is 1. The topological polar surface area (TPSA) is 81.1 Å². The van der Waals surface area contributed by atoms with Crippen molar-refractivity contribution in [2.45, 2.75) is 32.0 Å². The second-order valence-corrected chi connectivity index (χ2v) is 5.52. The van der Waals surface area contributed by atoms with Gasteiger partial charge in [0.2, 0.25) is 0 Å². The summed E-state index contributed by atoms with van der Waals surface area (Å²) in [7, 11) is 1.63. The zero-order valence-electron chi connectivity index (χ0n) is 12.2. The third-order valence-corrected chi connectivity index (χ3v) is 3.64. The fourth-order valence-corrected chi connectivity index (χ4v) is 2.63. The van der Waals surface area contributed by atoms with Gasteiger partial charge in [-0.3, -0.25) is 0 Å². The van der Waals surface area contributed by atoms with Gasteiger partial charge >= 0.3 is 12.0 Å². The van der Waals surface area contributed by atoms with Crippen LogP contribution < -0.4 is 0 Å². The maximum atomic E-state index is 12.4. The van der Waals surface area contributed by atoms with E-state index in [1.165, 1.54) is 9.80 Å². The van der Waals surface area contributed by atoms with Crippen LogP contribution in [0.25, 0.3) is 0 Å². The molecule has 0 saturated carbocycles.